The molecule has 0 fully saturated rings. The lowest BCUT2D eigenvalue weighted by molar-refractivity contribution is -0.274. The molecule has 10 heteroatoms. The van der Waals surface area contributed by atoms with Crippen LogP contribution in [0.3, 0.4) is 0 Å². The maximum atomic E-state index is 12.5. The van der Waals surface area contributed by atoms with Crippen molar-refractivity contribution >= 4 is 17.5 Å². The van der Waals surface area contributed by atoms with E-state index in [0.717, 1.165) is 12.0 Å². The number of fused-ring (bicyclic) bond motifs is 1. The van der Waals surface area contributed by atoms with Gasteiger partial charge in [-0.3, -0.25) is 4.79 Å². The van der Waals surface area contributed by atoms with Gasteiger partial charge < -0.3 is 20.1 Å². The number of amides is 1. The second-order valence-electron chi connectivity index (χ2n) is 8.03. The van der Waals surface area contributed by atoms with Crippen LogP contribution in [-0.4, -0.2) is 34.9 Å². The van der Waals surface area contributed by atoms with Crippen LogP contribution in [0.4, 0.5) is 24.8 Å². The number of carbonyl (C=O) groups is 1. The number of rotatable bonds is 6. The van der Waals surface area contributed by atoms with Crippen LogP contribution in [-0.2, 0) is 6.42 Å². The zero-order chi connectivity index (χ0) is 24.3. The molecule has 3 aromatic rings. The van der Waals surface area contributed by atoms with Gasteiger partial charge in [0.05, 0.1) is 12.3 Å². The lowest BCUT2D eigenvalue weighted by Gasteiger charge is -2.20. The lowest BCUT2D eigenvalue weighted by atomic mass is 10.0. The SMILES string of the molecule is CC(C)NC(=O)c1ccc(Nc2nc3c(c(-c4ccc(OC(F)(F)F)cc4)n2)CCCO3)cc1. The molecule has 34 heavy (non-hydrogen) atoms. The van der Waals surface area contributed by atoms with Crippen LogP contribution in [0.15, 0.2) is 48.5 Å². The Hall–Kier alpha value is -3.82. The summed E-state index contributed by atoms with van der Waals surface area (Å²) in [5.41, 5.74) is 3.16. The predicted molar refractivity (Wildman–Crippen MR) is 120 cm³/mol. The number of halogens is 3. The molecule has 0 bridgehead atoms. The highest BCUT2D eigenvalue weighted by atomic mass is 19.4. The number of anilines is 2. The first kappa shape index (κ1) is 23.3. The smallest absolute Gasteiger partial charge is 0.477 e. The minimum Gasteiger partial charge on any atom is -0.477 e. The predicted octanol–water partition coefficient (Wildman–Crippen LogP) is 5.25. The molecular formula is C24H23F3N4O3. The third-order valence-electron chi connectivity index (χ3n) is 4.96. The first-order valence-electron chi connectivity index (χ1n) is 10.8. The number of ether oxygens (including phenoxy) is 2. The molecule has 178 valence electrons. The van der Waals surface area contributed by atoms with E-state index in [1.165, 1.54) is 24.3 Å². The highest BCUT2D eigenvalue weighted by Crippen LogP contribution is 2.34. The van der Waals surface area contributed by atoms with Crippen LogP contribution < -0.4 is 20.1 Å². The quantitative estimate of drug-likeness (QED) is 0.510. The van der Waals surface area contributed by atoms with Crippen LogP contribution in [0, 0.1) is 0 Å². The first-order chi connectivity index (χ1) is 16.2. The van der Waals surface area contributed by atoms with Crippen LogP contribution in [0.5, 0.6) is 11.6 Å². The molecule has 0 saturated carbocycles. The van der Waals surface area contributed by atoms with Crippen LogP contribution in [0.25, 0.3) is 11.3 Å². The van der Waals surface area contributed by atoms with Crippen LogP contribution >= 0.6 is 0 Å². The number of nitrogens with zero attached hydrogens (tertiary/aromatic N) is 2. The Morgan fingerprint density at radius 3 is 2.41 bits per heavy atom. The number of aromatic nitrogens is 2. The second-order valence-corrected chi connectivity index (χ2v) is 8.03. The Balaban J connectivity index is 1.60. The van der Waals surface area contributed by atoms with E-state index in [0.29, 0.717) is 41.4 Å². The normalized spacial score (nSPS) is 13.1. The molecule has 0 aliphatic carbocycles. The van der Waals surface area contributed by atoms with Crippen molar-refractivity contribution in [3.8, 4) is 22.9 Å². The van der Waals surface area contributed by atoms with Crippen molar-refractivity contribution in [2.24, 2.45) is 0 Å². The first-order valence-corrected chi connectivity index (χ1v) is 10.8. The van der Waals surface area contributed by atoms with Gasteiger partial charge in [0.15, 0.2) is 0 Å². The van der Waals surface area contributed by atoms with Gasteiger partial charge >= 0.3 is 6.36 Å². The topological polar surface area (TPSA) is 85.4 Å². The van der Waals surface area contributed by atoms with Crippen molar-refractivity contribution in [1.29, 1.82) is 0 Å². The average molecular weight is 472 g/mol. The largest absolute Gasteiger partial charge is 0.573 e. The van der Waals surface area contributed by atoms with E-state index >= 15 is 0 Å². The molecule has 7 nitrogen and oxygen atoms in total. The monoisotopic (exact) mass is 472 g/mol. The number of hydrogen-bond acceptors (Lipinski definition) is 6. The van der Waals surface area contributed by atoms with E-state index in [1.54, 1.807) is 24.3 Å². The van der Waals surface area contributed by atoms with Crippen molar-refractivity contribution in [3.05, 3.63) is 59.7 Å². The summed E-state index contributed by atoms with van der Waals surface area (Å²) in [6.07, 6.45) is -3.29. The Bertz CT molecular complexity index is 1160. The van der Waals surface area contributed by atoms with E-state index < -0.39 is 6.36 Å². The Morgan fingerprint density at radius 2 is 1.76 bits per heavy atom. The van der Waals surface area contributed by atoms with E-state index in [2.05, 4.69) is 25.3 Å². The average Bonchev–Trinajstić information content (AvgIpc) is 2.78. The zero-order valence-electron chi connectivity index (χ0n) is 18.6. The Kier molecular flexibility index (Phi) is 6.58. The van der Waals surface area contributed by atoms with Crippen molar-refractivity contribution in [3.63, 3.8) is 0 Å². The van der Waals surface area contributed by atoms with E-state index in [-0.39, 0.29) is 23.6 Å². The van der Waals surface area contributed by atoms with Crippen LogP contribution in [0.1, 0.15) is 36.2 Å². The Morgan fingerprint density at radius 1 is 1.06 bits per heavy atom. The molecule has 1 amide bonds. The Labute approximate surface area is 194 Å². The van der Waals surface area contributed by atoms with Crippen molar-refractivity contribution in [1.82, 2.24) is 15.3 Å². The van der Waals surface area contributed by atoms with Gasteiger partial charge in [0.1, 0.15) is 5.75 Å². The highest BCUT2D eigenvalue weighted by molar-refractivity contribution is 5.94. The number of alkyl halides is 3. The van der Waals surface area contributed by atoms with E-state index in [9.17, 15) is 18.0 Å². The highest BCUT2D eigenvalue weighted by Gasteiger charge is 2.31. The fourth-order valence-electron chi connectivity index (χ4n) is 3.51. The minimum absolute atomic E-state index is 0.0294. The fraction of sp³-hybridized carbons (Fsp3) is 0.292. The number of benzene rings is 2. The molecule has 1 aromatic heterocycles. The fourth-order valence-corrected chi connectivity index (χ4v) is 3.51. The summed E-state index contributed by atoms with van der Waals surface area (Å²) in [6, 6.07) is 12.4. The maximum absolute atomic E-state index is 12.5. The van der Waals surface area contributed by atoms with Gasteiger partial charge in [0, 0.05) is 28.4 Å². The molecule has 1 aliphatic rings. The molecule has 2 heterocycles. The summed E-state index contributed by atoms with van der Waals surface area (Å²) in [5, 5.41) is 5.94. The van der Waals surface area contributed by atoms with Gasteiger partial charge in [0.25, 0.3) is 5.91 Å². The molecule has 0 atom stereocenters. The van der Waals surface area contributed by atoms with Crippen molar-refractivity contribution in [2.75, 3.05) is 11.9 Å². The molecular weight excluding hydrogens is 449 g/mol. The van der Waals surface area contributed by atoms with Gasteiger partial charge in [-0.25, -0.2) is 4.98 Å². The summed E-state index contributed by atoms with van der Waals surface area (Å²) < 4.78 is 47.1. The third-order valence-corrected chi connectivity index (χ3v) is 4.96. The minimum atomic E-state index is -4.76. The number of hydrogen-bond donors (Lipinski definition) is 2. The third kappa shape index (κ3) is 5.75. The molecule has 4 rings (SSSR count). The molecule has 0 radical (unpaired) electrons. The van der Waals surface area contributed by atoms with Gasteiger partial charge in [-0.05, 0) is 75.2 Å². The zero-order valence-corrected chi connectivity index (χ0v) is 18.6. The lowest BCUT2D eigenvalue weighted by Crippen LogP contribution is -2.29. The van der Waals surface area contributed by atoms with Gasteiger partial charge in [-0.1, -0.05) is 0 Å². The molecule has 2 aromatic carbocycles. The standard InChI is InChI=1S/C24H23F3N4O3/c1-14(2)28-21(32)16-5-9-17(10-6-16)29-23-30-20(19-4-3-13-33-22(19)31-23)15-7-11-18(12-8-15)34-24(25,26)27/h5-12,14H,3-4,13H2,1-2H3,(H,28,32)(H,29,30,31). The van der Waals surface area contributed by atoms with Crippen molar-refractivity contribution in [2.45, 2.75) is 39.1 Å². The summed E-state index contributed by atoms with van der Waals surface area (Å²) in [4.78, 5) is 21.2. The number of carbonyl (C=O) groups excluding carboxylic acids is 1. The molecule has 1 aliphatic heterocycles. The number of nitrogens with one attached hydrogen (secondary N) is 2. The molecule has 2 N–H and O–H groups in total. The van der Waals surface area contributed by atoms with E-state index in [4.69, 9.17) is 4.74 Å². The van der Waals surface area contributed by atoms with Crippen LogP contribution in [0.2, 0.25) is 0 Å². The maximum Gasteiger partial charge on any atom is 0.573 e. The van der Waals surface area contributed by atoms with Gasteiger partial charge in [0.2, 0.25) is 11.8 Å². The van der Waals surface area contributed by atoms with Gasteiger partial charge in [-0.15, -0.1) is 13.2 Å². The van der Waals surface area contributed by atoms with E-state index in [1.807, 2.05) is 13.8 Å². The summed E-state index contributed by atoms with van der Waals surface area (Å²) >= 11 is 0. The molecule has 0 spiro atoms. The van der Waals surface area contributed by atoms with Crippen molar-refractivity contribution < 1.29 is 27.4 Å². The van der Waals surface area contributed by atoms with Gasteiger partial charge in [-0.2, -0.15) is 4.98 Å². The summed E-state index contributed by atoms with van der Waals surface area (Å²) in [7, 11) is 0. The summed E-state index contributed by atoms with van der Waals surface area (Å²) in [6.45, 7) is 4.29. The second kappa shape index (κ2) is 9.58. The summed E-state index contributed by atoms with van der Waals surface area (Å²) in [5.74, 6) is 0.225. The molecule has 0 unspecified atom stereocenters. The molecule has 0 saturated heterocycles.